The molecule has 0 bridgehead atoms. The van der Waals surface area contributed by atoms with Gasteiger partial charge in [0.15, 0.2) is 0 Å². The summed E-state index contributed by atoms with van der Waals surface area (Å²) in [4.78, 5) is 25.8. The van der Waals surface area contributed by atoms with Crippen molar-refractivity contribution in [3.63, 3.8) is 0 Å². The monoisotopic (exact) mass is 424 g/mol. The number of nitro groups is 1. The Morgan fingerprint density at radius 1 is 1.18 bits per heavy atom. The first-order chi connectivity index (χ1) is 13.2. The average molecular weight is 425 g/mol. The number of hydrogen-bond acceptors (Lipinski definition) is 7. The fraction of sp³-hybridized carbons (Fsp3) is 0.353. The molecular weight excluding hydrogens is 404 g/mol. The summed E-state index contributed by atoms with van der Waals surface area (Å²) in [5.41, 5.74) is 0.512. The van der Waals surface area contributed by atoms with Crippen LogP contribution in [0.1, 0.15) is 15.2 Å². The van der Waals surface area contributed by atoms with Gasteiger partial charge in [0.25, 0.3) is 21.6 Å². The Labute approximate surface area is 166 Å². The molecule has 1 N–H and O–H groups in total. The van der Waals surface area contributed by atoms with Gasteiger partial charge in [-0.15, -0.1) is 11.3 Å². The summed E-state index contributed by atoms with van der Waals surface area (Å²) in [6.07, 6.45) is 0. The zero-order valence-electron chi connectivity index (χ0n) is 15.4. The Kier molecular flexibility index (Phi) is 5.68. The van der Waals surface area contributed by atoms with Crippen molar-refractivity contribution in [2.24, 2.45) is 0 Å². The zero-order chi connectivity index (χ0) is 20.5. The maximum Gasteiger partial charge on any atom is 0.270 e. The third kappa shape index (κ3) is 3.86. The molecule has 11 heteroatoms. The fourth-order valence-corrected chi connectivity index (χ4v) is 5.88. The van der Waals surface area contributed by atoms with Crippen LogP contribution in [0.5, 0.6) is 0 Å². The fourth-order valence-electron chi connectivity index (χ4n) is 3.02. The van der Waals surface area contributed by atoms with E-state index in [1.54, 1.807) is 19.2 Å². The number of nitrogens with zero attached hydrogens (tertiary/aromatic N) is 3. The quantitative estimate of drug-likeness (QED) is 0.581. The molecule has 150 valence electrons. The molecule has 9 nitrogen and oxygen atoms in total. The lowest BCUT2D eigenvalue weighted by atomic mass is 10.1. The smallest absolute Gasteiger partial charge is 0.270 e. The van der Waals surface area contributed by atoms with Crippen LogP contribution in [0.3, 0.4) is 0 Å². The molecule has 0 saturated carbocycles. The molecule has 28 heavy (non-hydrogen) atoms. The summed E-state index contributed by atoms with van der Waals surface area (Å²) in [7, 11) is -1.94. The van der Waals surface area contributed by atoms with E-state index in [4.69, 9.17) is 0 Å². The lowest BCUT2D eigenvalue weighted by molar-refractivity contribution is -0.384. The third-order valence-electron chi connectivity index (χ3n) is 4.55. The highest BCUT2D eigenvalue weighted by molar-refractivity contribution is 7.91. The maximum atomic E-state index is 12.9. The first kappa shape index (κ1) is 20.2. The Morgan fingerprint density at radius 2 is 1.86 bits per heavy atom. The molecule has 0 atom stereocenters. The molecule has 3 rings (SSSR count). The Morgan fingerprint density at radius 3 is 2.39 bits per heavy atom. The van der Waals surface area contributed by atoms with Crippen molar-refractivity contribution in [1.82, 2.24) is 9.21 Å². The SMILES string of the molecule is CNc1ccc([N+](=O)[O-])cc1C(=O)N1CCN(S(=O)(=O)c2ccc(C)s2)CC1. The van der Waals surface area contributed by atoms with Crippen molar-refractivity contribution in [1.29, 1.82) is 0 Å². The van der Waals surface area contributed by atoms with Gasteiger partial charge >= 0.3 is 0 Å². The van der Waals surface area contributed by atoms with E-state index in [-0.39, 0.29) is 43.3 Å². The van der Waals surface area contributed by atoms with Crippen molar-refractivity contribution in [2.75, 3.05) is 38.5 Å². The number of non-ortho nitro benzene ring substituents is 1. The number of piperazine rings is 1. The predicted molar refractivity (Wildman–Crippen MR) is 106 cm³/mol. The Balaban J connectivity index is 1.76. The standard InChI is InChI=1S/C17H20N4O5S2/c1-12-3-6-16(27-12)28(25,26)20-9-7-19(8-10-20)17(22)14-11-13(21(23)24)4-5-15(14)18-2/h3-6,11,18H,7-10H2,1-2H3. The predicted octanol–water partition coefficient (Wildman–Crippen LogP) is 2.15. The number of amides is 1. The maximum absolute atomic E-state index is 12.9. The molecule has 0 unspecified atom stereocenters. The van der Waals surface area contributed by atoms with Gasteiger partial charge in [0.05, 0.1) is 10.5 Å². The highest BCUT2D eigenvalue weighted by Gasteiger charge is 2.32. The number of benzene rings is 1. The van der Waals surface area contributed by atoms with Crippen LogP contribution >= 0.6 is 11.3 Å². The zero-order valence-corrected chi connectivity index (χ0v) is 17.0. The summed E-state index contributed by atoms with van der Waals surface area (Å²) in [6.45, 7) is 2.63. The van der Waals surface area contributed by atoms with E-state index in [2.05, 4.69) is 5.32 Å². The van der Waals surface area contributed by atoms with Crippen LogP contribution in [0.2, 0.25) is 0 Å². The number of nitrogens with one attached hydrogen (secondary N) is 1. The van der Waals surface area contributed by atoms with Crippen molar-refractivity contribution >= 4 is 38.6 Å². The van der Waals surface area contributed by atoms with E-state index in [1.165, 1.54) is 38.7 Å². The molecule has 1 saturated heterocycles. The number of hydrogen-bond donors (Lipinski definition) is 1. The van der Waals surface area contributed by atoms with Crippen LogP contribution in [0, 0.1) is 17.0 Å². The minimum atomic E-state index is -3.57. The number of rotatable bonds is 5. The summed E-state index contributed by atoms with van der Waals surface area (Å²) in [6, 6.07) is 7.42. The minimum absolute atomic E-state index is 0.170. The molecule has 1 amide bonds. The topological polar surface area (TPSA) is 113 Å². The molecule has 1 aromatic carbocycles. The van der Waals surface area contributed by atoms with Crippen LogP contribution in [0.15, 0.2) is 34.5 Å². The van der Waals surface area contributed by atoms with Gasteiger partial charge in [0.2, 0.25) is 0 Å². The van der Waals surface area contributed by atoms with Crippen molar-refractivity contribution in [3.8, 4) is 0 Å². The van der Waals surface area contributed by atoms with Crippen LogP contribution in [0.25, 0.3) is 0 Å². The summed E-state index contributed by atoms with van der Waals surface area (Å²) in [5, 5.41) is 13.9. The van der Waals surface area contributed by atoms with Crippen LogP contribution < -0.4 is 5.32 Å². The van der Waals surface area contributed by atoms with Gasteiger partial charge in [-0.05, 0) is 25.1 Å². The second kappa shape index (κ2) is 7.86. The number of nitro benzene ring substituents is 1. The van der Waals surface area contributed by atoms with Crippen LogP contribution in [-0.4, -0.2) is 61.7 Å². The number of carbonyl (C=O) groups excluding carboxylic acids is 1. The van der Waals surface area contributed by atoms with Crippen molar-refractivity contribution in [3.05, 3.63) is 50.9 Å². The van der Waals surface area contributed by atoms with E-state index < -0.39 is 14.9 Å². The second-order valence-electron chi connectivity index (χ2n) is 6.30. The van der Waals surface area contributed by atoms with Crippen LogP contribution in [-0.2, 0) is 10.0 Å². The van der Waals surface area contributed by atoms with Gasteiger partial charge in [-0.1, -0.05) is 0 Å². The molecule has 2 heterocycles. The van der Waals surface area contributed by atoms with E-state index in [0.29, 0.717) is 9.90 Å². The van der Waals surface area contributed by atoms with Crippen LogP contribution in [0.4, 0.5) is 11.4 Å². The van der Waals surface area contributed by atoms with E-state index in [0.717, 1.165) is 4.88 Å². The second-order valence-corrected chi connectivity index (χ2v) is 9.75. The molecule has 1 fully saturated rings. The summed E-state index contributed by atoms with van der Waals surface area (Å²) >= 11 is 1.22. The van der Waals surface area contributed by atoms with Gasteiger partial charge in [0.1, 0.15) is 4.21 Å². The average Bonchev–Trinajstić information content (AvgIpc) is 3.14. The molecular formula is C17H20N4O5S2. The number of sulfonamides is 1. The molecule has 0 spiro atoms. The Hall–Kier alpha value is -2.50. The lowest BCUT2D eigenvalue weighted by Gasteiger charge is -2.34. The molecule has 1 aliphatic rings. The Bertz CT molecular complexity index is 1010. The highest BCUT2D eigenvalue weighted by atomic mass is 32.2. The number of carbonyl (C=O) groups is 1. The molecule has 0 aliphatic carbocycles. The molecule has 1 aliphatic heterocycles. The first-order valence-electron chi connectivity index (χ1n) is 8.56. The molecule has 0 radical (unpaired) electrons. The van der Waals surface area contributed by atoms with E-state index in [9.17, 15) is 23.3 Å². The number of aryl methyl sites for hydroxylation is 1. The normalized spacial score (nSPS) is 15.4. The van der Waals surface area contributed by atoms with E-state index >= 15 is 0 Å². The summed E-state index contributed by atoms with van der Waals surface area (Å²) < 4.78 is 27.1. The lowest BCUT2D eigenvalue weighted by Crippen LogP contribution is -2.50. The largest absolute Gasteiger partial charge is 0.387 e. The first-order valence-corrected chi connectivity index (χ1v) is 10.8. The van der Waals surface area contributed by atoms with E-state index in [1.807, 2.05) is 6.92 Å². The van der Waals surface area contributed by atoms with Crippen molar-refractivity contribution < 1.29 is 18.1 Å². The third-order valence-corrected chi connectivity index (χ3v) is 7.92. The number of anilines is 1. The highest BCUT2D eigenvalue weighted by Crippen LogP contribution is 2.27. The molecule has 2 aromatic rings. The van der Waals surface area contributed by atoms with Crippen molar-refractivity contribution in [2.45, 2.75) is 11.1 Å². The van der Waals surface area contributed by atoms with Gasteiger partial charge in [-0.25, -0.2) is 8.42 Å². The minimum Gasteiger partial charge on any atom is -0.387 e. The van der Waals surface area contributed by atoms with Gasteiger partial charge in [-0.3, -0.25) is 14.9 Å². The summed E-state index contributed by atoms with van der Waals surface area (Å²) in [5.74, 6) is -0.364. The van der Waals surface area contributed by atoms with Gasteiger partial charge < -0.3 is 10.2 Å². The molecule has 1 aromatic heterocycles. The number of thiophene rings is 1. The van der Waals surface area contributed by atoms with Gasteiger partial charge in [0, 0.05) is 55.9 Å². The van der Waals surface area contributed by atoms with Gasteiger partial charge in [-0.2, -0.15) is 4.31 Å².